The molecule has 2 rings (SSSR count). The molecule has 0 radical (unpaired) electrons. The number of carbonyl (C=O) groups is 1. The van der Waals surface area contributed by atoms with E-state index in [9.17, 15) is 13.6 Å². The Balaban J connectivity index is 1.83. The van der Waals surface area contributed by atoms with Crippen molar-refractivity contribution in [3.8, 4) is 0 Å². The summed E-state index contributed by atoms with van der Waals surface area (Å²) in [4.78, 5) is 13.3. The van der Waals surface area contributed by atoms with Crippen molar-refractivity contribution in [1.29, 1.82) is 0 Å². The standard InChI is InChI=1S/C14H18F2N2O2/c15-13(16)9-17-14(19)18-6-7-20-12(10-18)8-11-4-2-1-3-5-11/h1-5,12-13H,6-10H2,(H,17,19). The van der Waals surface area contributed by atoms with Gasteiger partial charge in [0.1, 0.15) is 0 Å². The number of carbonyl (C=O) groups excluding carboxylic acids is 1. The van der Waals surface area contributed by atoms with Gasteiger partial charge in [0.2, 0.25) is 0 Å². The topological polar surface area (TPSA) is 41.6 Å². The normalized spacial score (nSPS) is 19.1. The highest BCUT2D eigenvalue weighted by Gasteiger charge is 2.24. The van der Waals surface area contributed by atoms with E-state index in [0.717, 1.165) is 5.56 Å². The molecule has 6 heteroatoms. The Morgan fingerprint density at radius 3 is 2.85 bits per heavy atom. The average Bonchev–Trinajstić information content (AvgIpc) is 2.46. The highest BCUT2D eigenvalue weighted by molar-refractivity contribution is 5.74. The third-order valence-corrected chi connectivity index (χ3v) is 3.14. The Labute approximate surface area is 116 Å². The van der Waals surface area contributed by atoms with E-state index in [-0.39, 0.29) is 6.10 Å². The molecule has 1 heterocycles. The number of ether oxygens (including phenoxy) is 1. The fourth-order valence-electron chi connectivity index (χ4n) is 2.18. The van der Waals surface area contributed by atoms with E-state index in [1.54, 1.807) is 0 Å². The Morgan fingerprint density at radius 1 is 1.40 bits per heavy atom. The maximum atomic E-state index is 12.1. The van der Waals surface area contributed by atoms with Gasteiger partial charge in [0.15, 0.2) is 0 Å². The van der Waals surface area contributed by atoms with E-state index in [1.165, 1.54) is 4.90 Å². The smallest absolute Gasteiger partial charge is 0.317 e. The van der Waals surface area contributed by atoms with Crippen LogP contribution < -0.4 is 5.32 Å². The molecule has 0 aromatic heterocycles. The number of hydrogen-bond acceptors (Lipinski definition) is 2. The summed E-state index contributed by atoms with van der Waals surface area (Å²) < 4.78 is 29.8. The number of morpholine rings is 1. The zero-order chi connectivity index (χ0) is 14.4. The number of halogens is 2. The quantitative estimate of drug-likeness (QED) is 0.917. The minimum Gasteiger partial charge on any atom is -0.374 e. The third kappa shape index (κ3) is 4.45. The molecule has 4 nitrogen and oxygen atoms in total. The van der Waals surface area contributed by atoms with Crippen molar-refractivity contribution in [3.63, 3.8) is 0 Å². The van der Waals surface area contributed by atoms with Crippen LogP contribution in [-0.4, -0.2) is 49.7 Å². The number of hydrogen-bond donors (Lipinski definition) is 1. The molecule has 20 heavy (non-hydrogen) atoms. The van der Waals surface area contributed by atoms with Crippen LogP contribution in [0.25, 0.3) is 0 Å². The Morgan fingerprint density at radius 2 is 2.15 bits per heavy atom. The Hall–Kier alpha value is -1.69. The summed E-state index contributed by atoms with van der Waals surface area (Å²) in [6, 6.07) is 9.39. The number of rotatable bonds is 4. The summed E-state index contributed by atoms with van der Waals surface area (Å²) in [7, 11) is 0. The number of nitrogens with one attached hydrogen (secondary N) is 1. The molecule has 0 bridgehead atoms. The zero-order valence-corrected chi connectivity index (χ0v) is 11.1. The van der Waals surface area contributed by atoms with Crippen molar-refractivity contribution in [2.75, 3.05) is 26.2 Å². The SMILES string of the molecule is O=C(NCC(F)F)N1CCOC(Cc2ccccc2)C1. The molecular weight excluding hydrogens is 266 g/mol. The molecular formula is C14H18F2N2O2. The van der Waals surface area contributed by atoms with Crippen LogP contribution in [0.4, 0.5) is 13.6 Å². The second-order valence-electron chi connectivity index (χ2n) is 4.71. The van der Waals surface area contributed by atoms with Gasteiger partial charge in [-0.1, -0.05) is 30.3 Å². The number of nitrogens with zero attached hydrogens (tertiary/aromatic N) is 1. The Bertz CT molecular complexity index is 428. The van der Waals surface area contributed by atoms with Gasteiger partial charge < -0.3 is 15.0 Å². The summed E-state index contributed by atoms with van der Waals surface area (Å²) in [5, 5.41) is 2.22. The predicted octanol–water partition coefficient (Wildman–Crippen LogP) is 1.90. The molecule has 0 aliphatic carbocycles. The zero-order valence-electron chi connectivity index (χ0n) is 11.1. The molecule has 1 aromatic rings. The van der Waals surface area contributed by atoms with E-state index < -0.39 is 19.0 Å². The lowest BCUT2D eigenvalue weighted by atomic mass is 10.1. The van der Waals surface area contributed by atoms with Crippen molar-refractivity contribution in [1.82, 2.24) is 10.2 Å². The highest BCUT2D eigenvalue weighted by atomic mass is 19.3. The van der Waals surface area contributed by atoms with Gasteiger partial charge >= 0.3 is 6.03 Å². The average molecular weight is 284 g/mol. The van der Waals surface area contributed by atoms with Crippen molar-refractivity contribution in [2.45, 2.75) is 19.0 Å². The molecule has 2 amide bonds. The van der Waals surface area contributed by atoms with Gasteiger partial charge in [-0.15, -0.1) is 0 Å². The second-order valence-corrected chi connectivity index (χ2v) is 4.71. The molecule has 1 saturated heterocycles. The first kappa shape index (κ1) is 14.7. The first-order valence-electron chi connectivity index (χ1n) is 6.61. The van der Waals surface area contributed by atoms with Crippen molar-refractivity contribution >= 4 is 6.03 Å². The van der Waals surface area contributed by atoms with Crippen molar-refractivity contribution in [3.05, 3.63) is 35.9 Å². The number of benzene rings is 1. The van der Waals surface area contributed by atoms with Gasteiger partial charge in [-0.2, -0.15) is 0 Å². The molecule has 1 aromatic carbocycles. The molecule has 1 fully saturated rings. The fraction of sp³-hybridized carbons (Fsp3) is 0.500. The Kier molecular flexibility index (Phi) is 5.29. The molecule has 110 valence electrons. The van der Waals surface area contributed by atoms with Crippen LogP contribution in [0.1, 0.15) is 5.56 Å². The van der Waals surface area contributed by atoms with E-state index >= 15 is 0 Å². The molecule has 1 aliphatic heterocycles. The summed E-state index contributed by atoms with van der Waals surface area (Å²) >= 11 is 0. The van der Waals surface area contributed by atoms with Crippen LogP contribution in [0, 0.1) is 0 Å². The summed E-state index contributed by atoms with van der Waals surface area (Å²) in [6.45, 7) is 0.670. The first-order chi connectivity index (χ1) is 9.65. The van der Waals surface area contributed by atoms with Crippen LogP contribution >= 0.6 is 0 Å². The lowest BCUT2D eigenvalue weighted by Gasteiger charge is -2.33. The van der Waals surface area contributed by atoms with Gasteiger partial charge in [0.25, 0.3) is 6.43 Å². The highest BCUT2D eigenvalue weighted by Crippen LogP contribution is 2.11. The van der Waals surface area contributed by atoms with Crippen LogP contribution in [0.3, 0.4) is 0 Å². The van der Waals surface area contributed by atoms with Crippen LogP contribution in [0.2, 0.25) is 0 Å². The number of urea groups is 1. The molecule has 1 atom stereocenters. The fourth-order valence-corrected chi connectivity index (χ4v) is 2.18. The molecule has 1 aliphatic rings. The van der Waals surface area contributed by atoms with Gasteiger partial charge in [-0.25, -0.2) is 13.6 Å². The van der Waals surface area contributed by atoms with Crippen LogP contribution in [0.15, 0.2) is 30.3 Å². The maximum Gasteiger partial charge on any atom is 0.317 e. The lowest BCUT2D eigenvalue weighted by molar-refractivity contribution is -0.0137. The first-order valence-corrected chi connectivity index (χ1v) is 6.61. The van der Waals surface area contributed by atoms with Gasteiger partial charge in [-0.3, -0.25) is 0 Å². The van der Waals surface area contributed by atoms with Crippen LogP contribution in [-0.2, 0) is 11.2 Å². The van der Waals surface area contributed by atoms with Gasteiger partial charge in [0, 0.05) is 19.5 Å². The molecule has 1 unspecified atom stereocenters. The van der Waals surface area contributed by atoms with Crippen molar-refractivity contribution < 1.29 is 18.3 Å². The largest absolute Gasteiger partial charge is 0.374 e. The minimum atomic E-state index is -2.53. The molecule has 0 saturated carbocycles. The van der Waals surface area contributed by atoms with Gasteiger partial charge in [-0.05, 0) is 5.56 Å². The van der Waals surface area contributed by atoms with Crippen LogP contribution in [0.5, 0.6) is 0 Å². The molecule has 1 N–H and O–H groups in total. The minimum absolute atomic E-state index is 0.0940. The van der Waals surface area contributed by atoms with E-state index in [4.69, 9.17) is 4.74 Å². The third-order valence-electron chi connectivity index (χ3n) is 3.14. The monoisotopic (exact) mass is 284 g/mol. The van der Waals surface area contributed by atoms with E-state index in [0.29, 0.717) is 26.1 Å². The summed E-state index contributed by atoms with van der Waals surface area (Å²) in [5.74, 6) is 0. The van der Waals surface area contributed by atoms with Gasteiger partial charge in [0.05, 0.1) is 19.3 Å². The molecule has 0 spiro atoms. The summed E-state index contributed by atoms with van der Waals surface area (Å²) in [5.41, 5.74) is 1.13. The van der Waals surface area contributed by atoms with E-state index in [2.05, 4.69) is 5.32 Å². The predicted molar refractivity (Wildman–Crippen MR) is 70.9 cm³/mol. The summed E-state index contributed by atoms with van der Waals surface area (Å²) in [6.07, 6.45) is -1.91. The maximum absolute atomic E-state index is 12.1. The number of amides is 2. The second kappa shape index (κ2) is 7.19. The van der Waals surface area contributed by atoms with E-state index in [1.807, 2.05) is 30.3 Å². The lowest BCUT2D eigenvalue weighted by Crippen LogP contribution is -2.50. The van der Waals surface area contributed by atoms with Crippen molar-refractivity contribution in [2.24, 2.45) is 0 Å². The number of alkyl halides is 2.